The minimum Gasteiger partial charge on any atom is -0.495 e. The number of hydrogen-bond donors (Lipinski definition) is 4. The summed E-state index contributed by atoms with van der Waals surface area (Å²) in [5, 5.41) is 28.1. The first-order valence-electron chi connectivity index (χ1n) is 10.1. The predicted octanol–water partition coefficient (Wildman–Crippen LogP) is 5.33. The van der Waals surface area contributed by atoms with Gasteiger partial charge in [-0.15, -0.1) is 0 Å². The van der Waals surface area contributed by atoms with Crippen LogP contribution in [0.15, 0.2) is 48.1 Å². The highest BCUT2D eigenvalue weighted by Gasteiger charge is 2.22. The summed E-state index contributed by atoms with van der Waals surface area (Å²) in [5.74, 6) is 0.981. The molecule has 0 aliphatic heterocycles. The Morgan fingerprint density at radius 2 is 2.25 bits per heavy atom. The maximum atomic E-state index is 9.68. The minimum atomic E-state index is 0.186. The van der Waals surface area contributed by atoms with Gasteiger partial charge in [-0.1, -0.05) is 19.9 Å². The Morgan fingerprint density at radius 3 is 2.96 bits per heavy atom. The van der Waals surface area contributed by atoms with E-state index in [1.54, 1.807) is 13.0 Å². The number of hydrogen-bond acceptors (Lipinski definition) is 4. The molecule has 0 radical (unpaired) electrons. The van der Waals surface area contributed by atoms with E-state index in [1.165, 1.54) is 10.9 Å². The number of anilines is 1. The van der Waals surface area contributed by atoms with Crippen molar-refractivity contribution in [2.24, 2.45) is 5.92 Å². The zero-order chi connectivity index (χ0) is 20.1. The molecule has 5 heteroatoms. The lowest BCUT2D eigenvalue weighted by atomic mass is 9.80. The van der Waals surface area contributed by atoms with Crippen molar-refractivity contribution in [2.45, 2.75) is 52.0 Å². The number of nitriles is 1. The highest BCUT2D eigenvalue weighted by atomic mass is 16.3. The second kappa shape index (κ2) is 8.88. The average Bonchev–Trinajstić information content (AvgIpc) is 3.19. The fraction of sp³-hybridized carbons (Fsp3) is 0.435. The maximum absolute atomic E-state index is 9.68. The van der Waals surface area contributed by atoms with Crippen molar-refractivity contribution in [1.82, 2.24) is 10.3 Å². The number of nitrogens with zero attached hydrogens (tertiary/aromatic N) is 1. The molecule has 3 atom stereocenters. The molecule has 5 nitrogen and oxygen atoms in total. The smallest absolute Gasteiger partial charge is 0.179 e. The van der Waals surface area contributed by atoms with Crippen molar-refractivity contribution in [3.8, 4) is 6.07 Å². The molecule has 0 saturated carbocycles. The Balaban J connectivity index is 1.90. The monoisotopic (exact) mass is 378 g/mol. The Hall–Kier alpha value is -2.87. The molecule has 0 bridgehead atoms. The van der Waals surface area contributed by atoms with E-state index in [1.807, 2.05) is 12.4 Å². The molecule has 1 aliphatic carbocycles. The van der Waals surface area contributed by atoms with Gasteiger partial charge in [0, 0.05) is 52.9 Å². The molecule has 0 amide bonds. The van der Waals surface area contributed by atoms with Gasteiger partial charge in [-0.25, -0.2) is 0 Å². The molecule has 3 unspecified atom stereocenters. The van der Waals surface area contributed by atoms with Gasteiger partial charge in [0.15, 0.2) is 5.88 Å². The molecule has 28 heavy (non-hydrogen) atoms. The van der Waals surface area contributed by atoms with Crippen LogP contribution in [0, 0.1) is 17.2 Å². The van der Waals surface area contributed by atoms with Crippen LogP contribution in [0.1, 0.15) is 51.5 Å². The zero-order valence-corrected chi connectivity index (χ0v) is 16.9. The van der Waals surface area contributed by atoms with Gasteiger partial charge in [-0.2, -0.15) is 5.26 Å². The predicted molar refractivity (Wildman–Crippen MR) is 115 cm³/mol. The van der Waals surface area contributed by atoms with Crippen molar-refractivity contribution in [3.05, 3.63) is 53.7 Å². The van der Waals surface area contributed by atoms with E-state index in [-0.39, 0.29) is 17.8 Å². The van der Waals surface area contributed by atoms with E-state index in [0.717, 1.165) is 35.9 Å². The Labute approximate surface area is 167 Å². The molecule has 1 heterocycles. The minimum absolute atomic E-state index is 0.186. The number of aliphatic hydroxyl groups excluding tert-OH is 1. The Bertz CT molecular complexity index is 918. The molecule has 0 fully saturated rings. The largest absolute Gasteiger partial charge is 0.495 e. The van der Waals surface area contributed by atoms with Crippen LogP contribution in [-0.4, -0.2) is 22.7 Å². The first kappa shape index (κ1) is 19.9. The average molecular weight is 379 g/mol. The Morgan fingerprint density at radius 1 is 1.43 bits per heavy atom. The van der Waals surface area contributed by atoms with Crippen molar-refractivity contribution in [1.29, 1.82) is 5.26 Å². The number of nitrogens with one attached hydrogen (secondary N) is 3. The number of aliphatic hydroxyl groups is 1. The fourth-order valence-electron chi connectivity index (χ4n) is 3.96. The summed E-state index contributed by atoms with van der Waals surface area (Å²) in [7, 11) is 0. The quantitative estimate of drug-likeness (QED) is 0.491. The van der Waals surface area contributed by atoms with Crippen molar-refractivity contribution < 1.29 is 5.11 Å². The second-order valence-corrected chi connectivity index (χ2v) is 7.79. The maximum Gasteiger partial charge on any atom is 0.179 e. The van der Waals surface area contributed by atoms with Gasteiger partial charge in [0.25, 0.3) is 0 Å². The third-order valence-electron chi connectivity index (χ3n) is 5.56. The summed E-state index contributed by atoms with van der Waals surface area (Å²) in [4.78, 5) is 3.22. The van der Waals surface area contributed by atoms with Gasteiger partial charge in [-0.3, -0.25) is 0 Å². The van der Waals surface area contributed by atoms with Crippen molar-refractivity contribution in [3.63, 3.8) is 0 Å². The summed E-state index contributed by atoms with van der Waals surface area (Å²) >= 11 is 0. The van der Waals surface area contributed by atoms with E-state index >= 15 is 0 Å². The van der Waals surface area contributed by atoms with Gasteiger partial charge in [-0.05, 0) is 55.9 Å². The summed E-state index contributed by atoms with van der Waals surface area (Å²) in [5.41, 5.74) is 3.23. The number of rotatable bonds is 7. The molecule has 1 aromatic carbocycles. The summed E-state index contributed by atoms with van der Waals surface area (Å²) in [6.07, 6.45) is 10.7. The first-order valence-corrected chi connectivity index (χ1v) is 10.1. The standard InChI is InChI=1S/C23H30N4O/c1-4-20(13-26-23(28)5-2)27-22-10-18(9-19-12-25-14-21(19)22)17-7-15(3)6-16(8-17)11-24/h5,8-10,12,14-15,17,20,25-28H,4,6-7,13H2,1-3H3/b23-5-. The summed E-state index contributed by atoms with van der Waals surface area (Å²) < 4.78 is 0. The SMILES string of the molecule is C/C=C(\O)NCC(CC)Nc1cc(C2C=C(C#N)CC(C)C2)cc2c[nH]cc12. The van der Waals surface area contributed by atoms with Crippen LogP contribution in [0.3, 0.4) is 0 Å². The fourth-order valence-corrected chi connectivity index (χ4v) is 3.96. The van der Waals surface area contributed by atoms with E-state index in [2.05, 4.69) is 53.7 Å². The molecular weight excluding hydrogens is 348 g/mol. The van der Waals surface area contributed by atoms with Crippen LogP contribution in [0.4, 0.5) is 5.69 Å². The first-order chi connectivity index (χ1) is 13.5. The molecule has 1 aromatic heterocycles. The van der Waals surface area contributed by atoms with Crippen molar-refractivity contribution >= 4 is 16.5 Å². The summed E-state index contributed by atoms with van der Waals surface area (Å²) in [6.45, 7) is 6.80. The molecule has 3 rings (SSSR count). The molecular formula is C23H30N4O. The zero-order valence-electron chi connectivity index (χ0n) is 16.9. The van der Waals surface area contributed by atoms with Crippen LogP contribution in [0.5, 0.6) is 0 Å². The van der Waals surface area contributed by atoms with Gasteiger partial charge >= 0.3 is 0 Å². The number of aromatic nitrogens is 1. The molecule has 2 aromatic rings. The number of fused-ring (bicyclic) bond motifs is 1. The Kier molecular flexibility index (Phi) is 6.30. The van der Waals surface area contributed by atoms with Crippen molar-refractivity contribution in [2.75, 3.05) is 11.9 Å². The molecule has 0 saturated heterocycles. The van der Waals surface area contributed by atoms with E-state index in [9.17, 15) is 10.4 Å². The number of aromatic amines is 1. The lowest BCUT2D eigenvalue weighted by Gasteiger charge is -2.26. The van der Waals surface area contributed by atoms with E-state index < -0.39 is 0 Å². The topological polar surface area (TPSA) is 83.9 Å². The van der Waals surface area contributed by atoms with Crippen LogP contribution in [-0.2, 0) is 0 Å². The highest BCUT2D eigenvalue weighted by Crippen LogP contribution is 2.37. The molecule has 0 spiro atoms. The van der Waals surface area contributed by atoms with Crippen LogP contribution < -0.4 is 10.6 Å². The lowest BCUT2D eigenvalue weighted by molar-refractivity contribution is 0.358. The second-order valence-electron chi connectivity index (χ2n) is 7.79. The number of H-pyrrole nitrogens is 1. The van der Waals surface area contributed by atoms with Crippen LogP contribution in [0.25, 0.3) is 10.8 Å². The summed E-state index contributed by atoms with van der Waals surface area (Å²) in [6, 6.07) is 7.00. The third kappa shape index (κ3) is 4.51. The molecule has 1 aliphatic rings. The van der Waals surface area contributed by atoms with Gasteiger partial charge in [0.2, 0.25) is 0 Å². The van der Waals surface area contributed by atoms with Crippen LogP contribution in [0.2, 0.25) is 0 Å². The lowest BCUT2D eigenvalue weighted by Crippen LogP contribution is -2.32. The van der Waals surface area contributed by atoms with E-state index in [4.69, 9.17) is 0 Å². The molecule has 4 N–H and O–H groups in total. The third-order valence-corrected chi connectivity index (χ3v) is 5.56. The molecule has 148 valence electrons. The van der Waals surface area contributed by atoms with Gasteiger partial charge in [0.05, 0.1) is 6.07 Å². The normalized spacial score (nSPS) is 21.1. The highest BCUT2D eigenvalue weighted by molar-refractivity contribution is 5.94. The number of benzene rings is 1. The van der Waals surface area contributed by atoms with Crippen LogP contribution >= 0.6 is 0 Å². The van der Waals surface area contributed by atoms with Gasteiger partial charge < -0.3 is 20.7 Å². The van der Waals surface area contributed by atoms with Gasteiger partial charge in [0.1, 0.15) is 0 Å². The number of allylic oxidation sites excluding steroid dienone is 3. The van der Waals surface area contributed by atoms with E-state index in [0.29, 0.717) is 12.5 Å².